The molecule has 0 aliphatic carbocycles. The van der Waals surface area contributed by atoms with Gasteiger partial charge in [-0.25, -0.2) is 4.98 Å². The molecule has 30 heavy (non-hydrogen) atoms. The van der Waals surface area contributed by atoms with Crippen molar-refractivity contribution in [1.82, 2.24) is 14.9 Å². The number of nitrogens with one attached hydrogen (secondary N) is 1. The number of phenolic OH excluding ortho intramolecular Hbond substituents is 1. The summed E-state index contributed by atoms with van der Waals surface area (Å²) < 4.78 is 11.2. The molecule has 0 atom stereocenters. The van der Waals surface area contributed by atoms with Crippen LogP contribution in [0.4, 0.5) is 11.4 Å². The van der Waals surface area contributed by atoms with Crippen molar-refractivity contribution >= 4 is 22.4 Å². The van der Waals surface area contributed by atoms with E-state index in [0.717, 1.165) is 38.4 Å². The van der Waals surface area contributed by atoms with Crippen LogP contribution >= 0.6 is 0 Å². The number of aromatic hydroxyl groups is 1. The molecule has 1 aromatic carbocycles. The number of aryl methyl sites for hydroxylation is 1. The molecule has 4 rings (SSSR count). The Hall–Kier alpha value is -3.41. The molecule has 3 heterocycles. The molecular weight excluding hydrogens is 382 g/mol. The lowest BCUT2D eigenvalue weighted by Crippen LogP contribution is -2.38. The van der Waals surface area contributed by atoms with E-state index in [0.29, 0.717) is 40.5 Å². The van der Waals surface area contributed by atoms with Crippen LogP contribution in [0.15, 0.2) is 36.5 Å². The summed E-state index contributed by atoms with van der Waals surface area (Å²) in [7, 11) is 0. The number of anilines is 2. The van der Waals surface area contributed by atoms with E-state index in [1.54, 1.807) is 18.2 Å². The van der Waals surface area contributed by atoms with Crippen LogP contribution in [0.25, 0.3) is 11.0 Å². The molecule has 2 aromatic heterocycles. The number of aromatic nitrogens is 2. The largest absolute Gasteiger partial charge is 0.508 e. The van der Waals surface area contributed by atoms with E-state index in [2.05, 4.69) is 26.3 Å². The Labute approximate surface area is 174 Å². The maximum atomic E-state index is 10.0. The first-order chi connectivity index (χ1) is 14.6. The molecule has 0 radical (unpaired) electrons. The maximum Gasteiger partial charge on any atom is 0.214 e. The number of morpholine rings is 1. The molecule has 154 valence electrons. The van der Waals surface area contributed by atoms with Crippen LogP contribution in [0.3, 0.4) is 0 Å². The second kappa shape index (κ2) is 8.95. The minimum absolute atomic E-state index is 0.178. The zero-order chi connectivity index (χ0) is 20.9. The molecule has 1 fully saturated rings. The quantitative estimate of drug-likeness (QED) is 0.645. The normalized spacial score (nSPS) is 14.4. The molecule has 8 nitrogen and oxygen atoms in total. The predicted molar refractivity (Wildman–Crippen MR) is 113 cm³/mol. The Kier molecular flexibility index (Phi) is 5.93. The molecule has 0 spiro atoms. The second-order valence-electron chi connectivity index (χ2n) is 7.10. The van der Waals surface area contributed by atoms with Crippen molar-refractivity contribution in [2.75, 3.05) is 44.8 Å². The summed E-state index contributed by atoms with van der Waals surface area (Å²) in [5.74, 6) is 0.652. The highest BCUT2D eigenvalue weighted by molar-refractivity contribution is 5.93. The van der Waals surface area contributed by atoms with Gasteiger partial charge in [-0.15, -0.1) is 0 Å². The Morgan fingerprint density at radius 2 is 2.10 bits per heavy atom. The van der Waals surface area contributed by atoms with E-state index in [1.807, 2.05) is 19.1 Å². The van der Waals surface area contributed by atoms with Crippen molar-refractivity contribution in [1.29, 1.82) is 5.26 Å². The number of benzene rings is 1. The zero-order valence-electron chi connectivity index (χ0n) is 16.8. The van der Waals surface area contributed by atoms with Crippen molar-refractivity contribution in [3.8, 4) is 17.7 Å². The monoisotopic (exact) mass is 405 g/mol. The Morgan fingerprint density at radius 3 is 2.87 bits per heavy atom. The van der Waals surface area contributed by atoms with Gasteiger partial charge in [0.25, 0.3) is 0 Å². The van der Waals surface area contributed by atoms with Crippen molar-refractivity contribution in [3.63, 3.8) is 0 Å². The van der Waals surface area contributed by atoms with Crippen LogP contribution in [-0.4, -0.2) is 59.4 Å². The molecule has 1 aliphatic heterocycles. The van der Waals surface area contributed by atoms with Crippen molar-refractivity contribution < 1.29 is 14.6 Å². The summed E-state index contributed by atoms with van der Waals surface area (Å²) in [5.41, 5.74) is 3.51. The van der Waals surface area contributed by atoms with Crippen LogP contribution in [0.5, 0.6) is 11.6 Å². The topological polar surface area (TPSA) is 104 Å². The third kappa shape index (κ3) is 4.43. The highest BCUT2D eigenvalue weighted by Gasteiger charge is 2.14. The van der Waals surface area contributed by atoms with Gasteiger partial charge in [0.2, 0.25) is 5.88 Å². The molecule has 2 N–H and O–H groups in total. The van der Waals surface area contributed by atoms with Gasteiger partial charge >= 0.3 is 0 Å². The highest BCUT2D eigenvalue weighted by Crippen LogP contribution is 2.30. The van der Waals surface area contributed by atoms with Gasteiger partial charge in [-0.2, -0.15) is 5.26 Å². The summed E-state index contributed by atoms with van der Waals surface area (Å²) in [6, 6.07) is 11.0. The van der Waals surface area contributed by atoms with Crippen molar-refractivity contribution in [2.45, 2.75) is 6.92 Å². The van der Waals surface area contributed by atoms with Gasteiger partial charge in [0, 0.05) is 43.7 Å². The van der Waals surface area contributed by atoms with Crippen LogP contribution in [0.1, 0.15) is 11.1 Å². The lowest BCUT2D eigenvalue weighted by atomic mass is 10.1. The molecule has 0 amide bonds. The number of nitrogens with zero attached hydrogens (tertiary/aromatic N) is 4. The molecule has 0 bridgehead atoms. The van der Waals surface area contributed by atoms with Crippen molar-refractivity contribution in [3.05, 3.63) is 47.7 Å². The zero-order valence-corrected chi connectivity index (χ0v) is 16.8. The van der Waals surface area contributed by atoms with Crippen LogP contribution < -0.4 is 10.1 Å². The van der Waals surface area contributed by atoms with E-state index in [-0.39, 0.29) is 5.75 Å². The van der Waals surface area contributed by atoms with Crippen LogP contribution in [0, 0.1) is 18.3 Å². The highest BCUT2D eigenvalue weighted by atomic mass is 16.5. The maximum absolute atomic E-state index is 10.0. The van der Waals surface area contributed by atoms with E-state index >= 15 is 0 Å². The molecule has 0 unspecified atom stereocenters. The predicted octanol–water partition coefficient (Wildman–Crippen LogP) is 2.97. The Bertz CT molecular complexity index is 1090. The van der Waals surface area contributed by atoms with E-state index in [4.69, 9.17) is 9.47 Å². The Morgan fingerprint density at radius 1 is 1.27 bits per heavy atom. The number of nitriles is 1. The van der Waals surface area contributed by atoms with Gasteiger partial charge in [0.15, 0.2) is 0 Å². The first-order valence-electron chi connectivity index (χ1n) is 9.83. The lowest BCUT2D eigenvalue weighted by Gasteiger charge is -2.26. The lowest BCUT2D eigenvalue weighted by molar-refractivity contribution is 0.0320. The fourth-order valence-corrected chi connectivity index (χ4v) is 3.28. The van der Waals surface area contributed by atoms with Gasteiger partial charge in [-0.05, 0) is 24.6 Å². The molecule has 8 heteroatoms. The third-order valence-corrected chi connectivity index (χ3v) is 5.05. The Balaban J connectivity index is 1.58. The molecule has 0 saturated carbocycles. The molecule has 1 saturated heterocycles. The van der Waals surface area contributed by atoms with Gasteiger partial charge in [-0.1, -0.05) is 6.07 Å². The SMILES string of the molecule is Cc1ccc(Nc2c(C#N)cnc3ccc(OCCN4CCOCC4)nc23)cc1O. The first kappa shape index (κ1) is 19.9. The van der Waals surface area contributed by atoms with E-state index in [9.17, 15) is 10.4 Å². The average Bonchev–Trinajstić information content (AvgIpc) is 2.77. The molecular formula is C22H23N5O3. The number of ether oxygens (including phenoxy) is 2. The fourth-order valence-electron chi connectivity index (χ4n) is 3.28. The van der Waals surface area contributed by atoms with Gasteiger partial charge < -0.3 is 19.9 Å². The van der Waals surface area contributed by atoms with Gasteiger partial charge in [0.05, 0.1) is 30.0 Å². The second-order valence-corrected chi connectivity index (χ2v) is 7.10. The van der Waals surface area contributed by atoms with Gasteiger partial charge in [-0.3, -0.25) is 9.88 Å². The number of phenols is 1. The number of hydrogen-bond acceptors (Lipinski definition) is 8. The summed E-state index contributed by atoms with van der Waals surface area (Å²) in [6.07, 6.45) is 1.51. The summed E-state index contributed by atoms with van der Waals surface area (Å²) in [4.78, 5) is 11.2. The summed E-state index contributed by atoms with van der Waals surface area (Å²) >= 11 is 0. The fraction of sp³-hybridized carbons (Fsp3) is 0.318. The van der Waals surface area contributed by atoms with Crippen LogP contribution in [0.2, 0.25) is 0 Å². The van der Waals surface area contributed by atoms with Gasteiger partial charge in [0.1, 0.15) is 23.9 Å². The number of fused-ring (bicyclic) bond motifs is 1. The molecule has 3 aromatic rings. The smallest absolute Gasteiger partial charge is 0.214 e. The van der Waals surface area contributed by atoms with Crippen LogP contribution in [-0.2, 0) is 4.74 Å². The minimum Gasteiger partial charge on any atom is -0.508 e. The van der Waals surface area contributed by atoms with E-state index < -0.39 is 0 Å². The molecule has 1 aliphatic rings. The number of rotatable bonds is 6. The summed E-state index contributed by atoms with van der Waals surface area (Å²) in [6.45, 7) is 6.44. The third-order valence-electron chi connectivity index (χ3n) is 5.05. The number of hydrogen-bond donors (Lipinski definition) is 2. The summed E-state index contributed by atoms with van der Waals surface area (Å²) in [5, 5.41) is 22.8. The average molecular weight is 405 g/mol. The number of pyridine rings is 2. The van der Waals surface area contributed by atoms with Crippen molar-refractivity contribution in [2.24, 2.45) is 0 Å². The standard InChI is InChI=1S/C22H23N5O3/c1-15-2-3-17(12-19(15)28)25-21-16(13-23)14-24-18-4-5-20(26-22(18)21)30-11-8-27-6-9-29-10-7-27/h2-5,12,14,28H,6-11H2,1H3,(H,24,25). The minimum atomic E-state index is 0.178. The van der Waals surface area contributed by atoms with E-state index in [1.165, 1.54) is 6.20 Å². The first-order valence-corrected chi connectivity index (χ1v) is 9.83.